The van der Waals surface area contributed by atoms with Crippen LogP contribution in [0.25, 0.3) is 0 Å². The van der Waals surface area contributed by atoms with Gasteiger partial charge in [-0.1, -0.05) is 137 Å². The predicted octanol–water partition coefficient (Wildman–Crippen LogP) is 11.1. The first-order chi connectivity index (χ1) is 29.8. The van der Waals surface area contributed by atoms with E-state index in [4.69, 9.17) is 24.0 Å². The average molecular weight is 965 g/mol. The lowest BCUT2D eigenvalue weighted by atomic mass is 10.00. The second kappa shape index (κ2) is 23.1. The van der Waals surface area contributed by atoms with E-state index >= 15 is 0 Å². The Hall–Kier alpha value is -3.23. The molecule has 0 aromatic heterocycles. The van der Waals surface area contributed by atoms with Gasteiger partial charge in [0.25, 0.3) is 0 Å². The van der Waals surface area contributed by atoms with Gasteiger partial charge >= 0.3 is 17.9 Å². The van der Waals surface area contributed by atoms with Gasteiger partial charge in [0.15, 0.2) is 16.4 Å². The van der Waals surface area contributed by atoms with E-state index < -0.39 is 60.9 Å². The number of carbonyl (C=O) groups is 3. The van der Waals surface area contributed by atoms with Crippen molar-refractivity contribution in [2.24, 2.45) is 11.8 Å². The van der Waals surface area contributed by atoms with Gasteiger partial charge in [-0.25, -0.2) is 31.4 Å². The third-order valence-electron chi connectivity index (χ3n) is 9.85. The minimum Gasteiger partial charge on any atom is -0.462 e. The van der Waals surface area contributed by atoms with Gasteiger partial charge in [-0.15, -0.1) is 0 Å². The first kappa shape index (κ1) is 49.8. The van der Waals surface area contributed by atoms with Crippen LogP contribution in [0.15, 0.2) is 108 Å². The predicted molar refractivity (Wildman–Crippen MR) is 243 cm³/mol. The summed E-state index contributed by atoms with van der Waals surface area (Å²) in [4.78, 5) is 52.8. The Balaban J connectivity index is 1.83. The Morgan fingerprint density at radius 3 is 1.40 bits per heavy atom. The van der Waals surface area contributed by atoms with Crippen molar-refractivity contribution in [3.05, 3.63) is 78.9 Å². The number of fused-ring (bicyclic) bond motifs is 2. The van der Waals surface area contributed by atoms with Crippen LogP contribution >= 0.6 is 47.0 Å². The molecule has 0 saturated heterocycles. The molecule has 62 heavy (non-hydrogen) atoms. The topological polar surface area (TPSA) is 166 Å². The van der Waals surface area contributed by atoms with Gasteiger partial charge in [0.2, 0.25) is 19.7 Å². The van der Waals surface area contributed by atoms with Gasteiger partial charge in [-0.2, -0.15) is 0 Å². The van der Waals surface area contributed by atoms with E-state index in [9.17, 15) is 31.2 Å². The zero-order valence-electron chi connectivity index (χ0n) is 35.6. The van der Waals surface area contributed by atoms with E-state index in [1.807, 2.05) is 27.7 Å². The number of ether oxygens (including phenoxy) is 3. The molecule has 0 N–H and O–H groups in total. The molecule has 0 radical (unpaired) electrons. The zero-order valence-corrected chi connectivity index (χ0v) is 40.5. The Kier molecular flexibility index (Phi) is 18.5. The highest BCUT2D eigenvalue weighted by molar-refractivity contribution is 8.26. The van der Waals surface area contributed by atoms with Crippen molar-refractivity contribution >= 4 is 84.6 Å². The third kappa shape index (κ3) is 11.3. The minimum absolute atomic E-state index is 0.000141. The summed E-state index contributed by atoms with van der Waals surface area (Å²) in [6.07, 6.45) is 5.30. The van der Waals surface area contributed by atoms with Gasteiger partial charge in [0.05, 0.1) is 67.8 Å². The number of thioether (sulfide) groups is 4. The molecule has 0 bridgehead atoms. The normalized spacial score (nSPS) is 14.5. The lowest BCUT2D eigenvalue weighted by Gasteiger charge is -2.20. The number of hydrogen-bond donors (Lipinski definition) is 0. The summed E-state index contributed by atoms with van der Waals surface area (Å²) >= 11 is 3.77. The molecular weight excluding hydrogens is 913 g/mol. The molecule has 5 rings (SSSR count). The van der Waals surface area contributed by atoms with Gasteiger partial charge in [-0.3, -0.25) is 9.59 Å². The van der Waals surface area contributed by atoms with E-state index in [1.165, 1.54) is 24.3 Å². The molecule has 2 atom stereocenters. The number of esters is 3. The van der Waals surface area contributed by atoms with Gasteiger partial charge < -0.3 is 14.2 Å². The van der Waals surface area contributed by atoms with Crippen LogP contribution in [-0.4, -0.2) is 54.6 Å². The summed E-state index contributed by atoms with van der Waals surface area (Å²) in [6, 6.07) is 15.3. The largest absolute Gasteiger partial charge is 0.462 e. The highest BCUT2D eigenvalue weighted by Gasteiger charge is 2.44. The van der Waals surface area contributed by atoms with Crippen molar-refractivity contribution in [3.8, 4) is 11.5 Å². The van der Waals surface area contributed by atoms with Crippen molar-refractivity contribution in [1.29, 1.82) is 0 Å². The Bertz CT molecular complexity index is 2310. The summed E-state index contributed by atoms with van der Waals surface area (Å²) in [7, 11) is -8.72. The van der Waals surface area contributed by atoms with E-state index in [1.54, 1.807) is 50.2 Å². The molecule has 0 spiro atoms. The average Bonchev–Trinajstić information content (AvgIpc) is 3.90. The molecule has 3 aromatic carbocycles. The molecule has 336 valence electrons. The van der Waals surface area contributed by atoms with Crippen molar-refractivity contribution in [3.63, 3.8) is 0 Å². The first-order valence-electron chi connectivity index (χ1n) is 20.7. The molecule has 0 amide bonds. The second-order valence-electron chi connectivity index (χ2n) is 14.1. The van der Waals surface area contributed by atoms with Crippen molar-refractivity contribution in [1.82, 2.24) is 0 Å². The van der Waals surface area contributed by atoms with E-state index in [0.717, 1.165) is 72.7 Å². The molecule has 3 aromatic rings. The number of hydrogen-bond acceptors (Lipinski definition) is 16. The SMILES string of the molecule is CCCCC(CC)C(=O)Oc1c2c(c(OC(=O)C(CC)CCCC)c3c1SC(=C(C(=O)OCC)S(=O)(=O)c1ccccc1)S3)SC(=C(COOCC)S(=O)(=O)c1ccccc1)S2. The third-order valence-corrected chi connectivity index (χ3v) is 19.3. The van der Waals surface area contributed by atoms with E-state index in [-0.39, 0.29) is 67.5 Å². The highest BCUT2D eigenvalue weighted by atomic mass is 32.2. The number of unbranched alkanes of at least 4 members (excludes halogenated alkanes) is 2. The summed E-state index contributed by atoms with van der Waals surface area (Å²) in [6.45, 7) is 10.6. The lowest BCUT2D eigenvalue weighted by molar-refractivity contribution is -0.283. The molecule has 18 heteroatoms. The van der Waals surface area contributed by atoms with Crippen LogP contribution in [0.4, 0.5) is 0 Å². The Labute approximate surface area is 381 Å². The fraction of sp³-hybridized carbons (Fsp3) is 0.432. The fourth-order valence-corrected chi connectivity index (χ4v) is 15.8. The fourth-order valence-electron chi connectivity index (χ4n) is 6.42. The van der Waals surface area contributed by atoms with Crippen molar-refractivity contribution in [2.75, 3.05) is 19.8 Å². The van der Waals surface area contributed by atoms with Crippen LogP contribution in [-0.2, 0) is 48.6 Å². The van der Waals surface area contributed by atoms with Crippen LogP contribution in [0.3, 0.4) is 0 Å². The molecule has 2 unspecified atom stereocenters. The maximum atomic E-state index is 14.4. The smallest absolute Gasteiger partial charge is 0.351 e. The van der Waals surface area contributed by atoms with Crippen LogP contribution in [0, 0.1) is 11.8 Å². The molecule has 2 aliphatic heterocycles. The molecule has 12 nitrogen and oxygen atoms in total. The van der Waals surface area contributed by atoms with E-state index in [0.29, 0.717) is 25.7 Å². The summed E-state index contributed by atoms with van der Waals surface area (Å²) in [5, 5.41) is 0. The van der Waals surface area contributed by atoms with Crippen LogP contribution in [0.5, 0.6) is 11.5 Å². The van der Waals surface area contributed by atoms with Crippen LogP contribution in [0.1, 0.15) is 92.9 Å². The Morgan fingerprint density at radius 2 is 1.00 bits per heavy atom. The summed E-state index contributed by atoms with van der Waals surface area (Å²) in [5.74, 6) is -3.09. The number of rotatable bonds is 22. The molecule has 0 aliphatic carbocycles. The standard InChI is InChI=1S/C44H52O12S6/c1-7-13-21-28(9-3)40(45)55-33-35-36(58-43(57-35)32(27-54-53-12-6)61(48,49)30-23-17-15-18-24-30)34(56-41(46)29(10-4)22-14-8-2)38-37(33)59-44(60-38)39(42(47)52-11-5)62(50,51)31-25-19-16-20-26-31/h15-20,23-26,28-29H,7-14,21-22,27H2,1-6H3. The maximum Gasteiger partial charge on any atom is 0.351 e. The van der Waals surface area contributed by atoms with E-state index in [2.05, 4.69) is 0 Å². The molecule has 2 aliphatic rings. The zero-order chi connectivity index (χ0) is 45.0. The van der Waals surface area contributed by atoms with Gasteiger partial charge in [0, 0.05) is 0 Å². The lowest BCUT2D eigenvalue weighted by Crippen LogP contribution is -2.22. The van der Waals surface area contributed by atoms with Gasteiger partial charge in [0.1, 0.15) is 6.61 Å². The summed E-state index contributed by atoms with van der Waals surface area (Å²) < 4.78 is 75.8. The maximum absolute atomic E-state index is 14.4. The van der Waals surface area contributed by atoms with Crippen molar-refractivity contribution < 1.29 is 55.2 Å². The second-order valence-corrected chi connectivity index (χ2v) is 22.5. The van der Waals surface area contributed by atoms with Crippen LogP contribution in [0.2, 0.25) is 0 Å². The number of benzene rings is 3. The Morgan fingerprint density at radius 1 is 0.565 bits per heavy atom. The number of sulfone groups is 2. The monoisotopic (exact) mass is 964 g/mol. The summed E-state index contributed by atoms with van der Waals surface area (Å²) in [5.41, 5.74) is 0. The van der Waals surface area contributed by atoms with Gasteiger partial charge in [-0.05, 0) is 63.8 Å². The van der Waals surface area contributed by atoms with Crippen molar-refractivity contribution in [2.45, 2.75) is 122 Å². The first-order valence-corrected chi connectivity index (χ1v) is 26.9. The minimum atomic E-state index is -4.50. The van der Waals surface area contributed by atoms with Crippen LogP contribution < -0.4 is 9.47 Å². The molecule has 0 saturated carbocycles. The number of carbonyl (C=O) groups excluding carboxylic acids is 3. The molecular formula is C44H52O12S6. The highest BCUT2D eigenvalue weighted by Crippen LogP contribution is 2.69. The quantitative estimate of drug-likeness (QED) is 0.0233. The molecule has 0 fully saturated rings. The molecule has 2 heterocycles.